The second-order valence-corrected chi connectivity index (χ2v) is 13.9. The van der Waals surface area contributed by atoms with Crippen LogP contribution in [-0.2, 0) is 13.1 Å². The molecule has 6 rings (SSSR count). The zero-order chi connectivity index (χ0) is 36.8. The third-order valence-electron chi connectivity index (χ3n) is 9.88. The van der Waals surface area contributed by atoms with Gasteiger partial charge in [0.15, 0.2) is 11.5 Å². The molecule has 2 aromatic carbocycles. The van der Waals surface area contributed by atoms with E-state index in [-0.39, 0.29) is 12.1 Å². The van der Waals surface area contributed by atoms with Crippen LogP contribution in [0.4, 0.5) is 11.6 Å². The maximum atomic E-state index is 11.9. The van der Waals surface area contributed by atoms with Crippen LogP contribution in [0.5, 0.6) is 17.5 Å². The van der Waals surface area contributed by atoms with Gasteiger partial charge in [-0.3, -0.25) is 0 Å². The van der Waals surface area contributed by atoms with Crippen molar-refractivity contribution < 1.29 is 19.3 Å². The normalized spacial score (nSPS) is 14.8. The van der Waals surface area contributed by atoms with Crippen molar-refractivity contribution in [3.05, 3.63) is 94.9 Å². The quantitative estimate of drug-likeness (QED) is 0.134. The molecule has 276 valence electrons. The van der Waals surface area contributed by atoms with Crippen LogP contribution in [0.15, 0.2) is 67.0 Å². The van der Waals surface area contributed by atoms with Crippen LogP contribution in [0.2, 0.25) is 0 Å². The minimum Gasteiger partial charge on any atom is -0.497 e. The highest BCUT2D eigenvalue weighted by Crippen LogP contribution is 2.32. The molecule has 1 aliphatic rings. The number of hydrogen-bond acceptors (Lipinski definition) is 11. The average molecular weight is 709 g/mol. The molecule has 52 heavy (non-hydrogen) atoms. The summed E-state index contributed by atoms with van der Waals surface area (Å²) >= 11 is 0. The van der Waals surface area contributed by atoms with Crippen molar-refractivity contribution in [3.8, 4) is 17.5 Å². The standard InChI is InChI=1S/C40H52N8O4/c1-8-9-28(3)52-40-43-39(47(25-29-10-14-33(50-6)15-11-29)26-30-12-16-34(51-7)17-13-30)38-42-24-35(48(38)44-40)36(49)31-22-27(2)37(41-23-31)46-20-18-32(19-21-46)45(4)5/h10-17,22-24,28,32,36,49H,8-9,18-21,25-26H2,1-7H3/t28-,36?/m1/s1. The summed E-state index contributed by atoms with van der Waals surface area (Å²) in [7, 11) is 7.62. The molecule has 1 aliphatic heterocycles. The predicted octanol–water partition coefficient (Wildman–Crippen LogP) is 6.23. The second-order valence-electron chi connectivity index (χ2n) is 13.9. The molecule has 2 atom stereocenters. The number of rotatable bonds is 15. The first kappa shape index (κ1) is 36.8. The Hall–Kier alpha value is -4.94. The van der Waals surface area contributed by atoms with E-state index in [2.05, 4.69) is 42.6 Å². The molecule has 4 heterocycles. The van der Waals surface area contributed by atoms with Gasteiger partial charge in [0.25, 0.3) is 0 Å². The Morgan fingerprint density at radius 1 is 0.904 bits per heavy atom. The first-order valence-electron chi connectivity index (χ1n) is 18.2. The molecule has 12 heteroatoms. The molecule has 0 amide bonds. The number of aliphatic hydroxyl groups excluding tert-OH is 1. The van der Waals surface area contributed by atoms with Gasteiger partial charge < -0.3 is 34.0 Å². The van der Waals surface area contributed by atoms with Crippen LogP contribution in [0, 0.1) is 6.92 Å². The highest BCUT2D eigenvalue weighted by Gasteiger charge is 2.26. The summed E-state index contributed by atoms with van der Waals surface area (Å²) in [6, 6.07) is 18.8. The minimum atomic E-state index is -1.03. The van der Waals surface area contributed by atoms with E-state index in [1.165, 1.54) is 0 Å². The fourth-order valence-electron chi connectivity index (χ4n) is 6.90. The van der Waals surface area contributed by atoms with E-state index in [1.54, 1.807) is 31.1 Å². The fraction of sp³-hybridized carbons (Fsp3) is 0.450. The van der Waals surface area contributed by atoms with E-state index in [1.807, 2.05) is 61.5 Å². The minimum absolute atomic E-state index is 0.106. The van der Waals surface area contributed by atoms with Gasteiger partial charge in [0, 0.05) is 44.0 Å². The van der Waals surface area contributed by atoms with Crippen molar-refractivity contribution in [1.82, 2.24) is 29.5 Å². The fourth-order valence-corrected chi connectivity index (χ4v) is 6.90. The largest absolute Gasteiger partial charge is 0.497 e. The molecule has 0 spiro atoms. The summed E-state index contributed by atoms with van der Waals surface area (Å²) in [6.45, 7) is 9.15. The summed E-state index contributed by atoms with van der Waals surface area (Å²) in [5, 5.41) is 16.7. The number of aliphatic hydroxyl groups is 1. The summed E-state index contributed by atoms with van der Waals surface area (Å²) < 4.78 is 18.8. The van der Waals surface area contributed by atoms with Gasteiger partial charge in [0.2, 0.25) is 0 Å². The zero-order valence-corrected chi connectivity index (χ0v) is 31.5. The summed E-state index contributed by atoms with van der Waals surface area (Å²) in [4.78, 5) is 21.5. The monoisotopic (exact) mass is 708 g/mol. The van der Waals surface area contributed by atoms with Crippen molar-refractivity contribution in [2.45, 2.75) is 77.8 Å². The maximum Gasteiger partial charge on any atom is 0.336 e. The third kappa shape index (κ3) is 8.40. The number of imidazole rings is 1. The maximum absolute atomic E-state index is 11.9. The van der Waals surface area contributed by atoms with Crippen molar-refractivity contribution in [1.29, 1.82) is 0 Å². The average Bonchev–Trinajstić information content (AvgIpc) is 3.58. The number of aromatic nitrogens is 5. The van der Waals surface area contributed by atoms with Crippen molar-refractivity contribution in [2.24, 2.45) is 0 Å². The van der Waals surface area contributed by atoms with E-state index in [0.29, 0.717) is 41.9 Å². The second kappa shape index (κ2) is 16.6. The van der Waals surface area contributed by atoms with E-state index in [9.17, 15) is 5.11 Å². The van der Waals surface area contributed by atoms with E-state index in [4.69, 9.17) is 34.3 Å². The molecular weight excluding hydrogens is 656 g/mol. The first-order chi connectivity index (χ1) is 25.2. The SMILES string of the molecule is CCC[C@@H](C)Oc1nc(N(Cc2ccc(OC)cc2)Cc2ccc(OC)cc2)c2ncc(C(O)c3cnc(N4CCC(N(C)C)CC4)c(C)c3)n2n1. The van der Waals surface area contributed by atoms with Crippen molar-refractivity contribution in [2.75, 3.05) is 51.2 Å². The number of fused-ring (bicyclic) bond motifs is 1. The zero-order valence-electron chi connectivity index (χ0n) is 31.5. The topological polar surface area (TPSA) is 114 Å². The molecular formula is C40H52N8O4. The summed E-state index contributed by atoms with van der Waals surface area (Å²) in [5.74, 6) is 3.12. The lowest BCUT2D eigenvalue weighted by atomic mass is 10.0. The van der Waals surface area contributed by atoms with Gasteiger partial charge in [-0.2, -0.15) is 4.98 Å². The molecule has 0 aliphatic carbocycles. The van der Waals surface area contributed by atoms with Gasteiger partial charge in [-0.25, -0.2) is 14.5 Å². The van der Waals surface area contributed by atoms with Gasteiger partial charge in [-0.15, -0.1) is 5.10 Å². The van der Waals surface area contributed by atoms with Crippen LogP contribution in [0.3, 0.4) is 0 Å². The van der Waals surface area contributed by atoms with Gasteiger partial charge in [0.05, 0.1) is 32.2 Å². The lowest BCUT2D eigenvalue weighted by molar-refractivity contribution is 0.186. The lowest BCUT2D eigenvalue weighted by Gasteiger charge is -2.36. The van der Waals surface area contributed by atoms with Crippen LogP contribution in [0.25, 0.3) is 5.65 Å². The Labute approximate surface area is 307 Å². The Morgan fingerprint density at radius 2 is 1.52 bits per heavy atom. The summed E-state index contributed by atoms with van der Waals surface area (Å²) in [5.41, 5.74) is 4.82. The highest BCUT2D eigenvalue weighted by molar-refractivity contribution is 5.65. The number of piperidine rings is 1. The van der Waals surface area contributed by atoms with E-state index >= 15 is 0 Å². The van der Waals surface area contributed by atoms with Crippen molar-refractivity contribution in [3.63, 3.8) is 0 Å². The molecule has 0 radical (unpaired) electrons. The molecule has 5 aromatic rings. The number of nitrogens with zero attached hydrogens (tertiary/aromatic N) is 8. The molecule has 1 N–H and O–H groups in total. The van der Waals surface area contributed by atoms with Crippen molar-refractivity contribution >= 4 is 17.3 Å². The molecule has 12 nitrogen and oxygen atoms in total. The first-order valence-corrected chi connectivity index (χ1v) is 18.2. The molecule has 3 aromatic heterocycles. The predicted molar refractivity (Wildman–Crippen MR) is 204 cm³/mol. The number of ether oxygens (including phenoxy) is 3. The van der Waals surface area contributed by atoms with Crippen LogP contribution in [0.1, 0.15) is 73.6 Å². The van der Waals surface area contributed by atoms with E-state index < -0.39 is 6.10 Å². The summed E-state index contributed by atoms with van der Waals surface area (Å²) in [6.07, 6.45) is 6.30. The Morgan fingerprint density at radius 3 is 2.06 bits per heavy atom. The lowest BCUT2D eigenvalue weighted by Crippen LogP contribution is -2.42. The number of aryl methyl sites for hydroxylation is 1. The molecule has 0 saturated carbocycles. The number of benzene rings is 2. The van der Waals surface area contributed by atoms with Gasteiger partial charge >= 0.3 is 6.01 Å². The Kier molecular flexibility index (Phi) is 11.8. The van der Waals surface area contributed by atoms with E-state index in [0.717, 1.165) is 72.8 Å². The number of methoxy groups -OCH3 is 2. The molecule has 1 unspecified atom stereocenters. The molecule has 1 fully saturated rings. The highest BCUT2D eigenvalue weighted by atomic mass is 16.5. The van der Waals surface area contributed by atoms with Gasteiger partial charge in [0.1, 0.15) is 23.4 Å². The van der Waals surface area contributed by atoms with Gasteiger partial charge in [-0.1, -0.05) is 37.6 Å². The smallest absolute Gasteiger partial charge is 0.336 e. The van der Waals surface area contributed by atoms with Crippen LogP contribution < -0.4 is 24.0 Å². The third-order valence-corrected chi connectivity index (χ3v) is 9.88. The number of pyridine rings is 1. The van der Waals surface area contributed by atoms with Gasteiger partial charge in [-0.05, 0) is 94.2 Å². The number of hydrogen-bond donors (Lipinski definition) is 1. The Bertz CT molecular complexity index is 1860. The van der Waals surface area contributed by atoms with Crippen LogP contribution in [-0.4, -0.2) is 88.1 Å². The molecule has 1 saturated heterocycles. The van der Waals surface area contributed by atoms with Crippen LogP contribution >= 0.6 is 0 Å². The molecule has 0 bridgehead atoms. The number of anilines is 2. The Balaban J connectivity index is 1.38.